The maximum Gasteiger partial charge on any atom is 0.254 e. The molecule has 2 bridgehead atoms. The third kappa shape index (κ3) is 6.15. The van der Waals surface area contributed by atoms with Crippen molar-refractivity contribution in [3.63, 3.8) is 0 Å². The Morgan fingerprint density at radius 2 is 2.03 bits per heavy atom. The minimum absolute atomic E-state index is 0.00481. The Labute approximate surface area is 201 Å². The zero-order chi connectivity index (χ0) is 23.2. The van der Waals surface area contributed by atoms with Crippen molar-refractivity contribution in [3.8, 4) is 5.75 Å². The van der Waals surface area contributed by atoms with Crippen LogP contribution in [-0.2, 0) is 11.3 Å². The Morgan fingerprint density at radius 1 is 1.15 bits per heavy atom. The number of piperidine rings is 1. The smallest absolute Gasteiger partial charge is 0.254 e. The number of fused-ring (bicyclic) bond motifs is 3. The van der Waals surface area contributed by atoms with Crippen LogP contribution in [0.5, 0.6) is 5.75 Å². The van der Waals surface area contributed by atoms with Crippen molar-refractivity contribution in [2.24, 2.45) is 5.92 Å². The molecule has 0 radical (unpaired) electrons. The second-order valence-electron chi connectivity index (χ2n) is 9.28. The zero-order valence-electron chi connectivity index (χ0n) is 19.7. The summed E-state index contributed by atoms with van der Waals surface area (Å²) in [5.41, 5.74) is 1.99. The van der Waals surface area contributed by atoms with Crippen molar-refractivity contribution in [1.82, 2.24) is 14.7 Å². The fourth-order valence-corrected chi connectivity index (χ4v) is 5.72. The average Bonchev–Trinajstić information content (AvgIpc) is 3.33. The molecule has 2 amide bonds. The summed E-state index contributed by atoms with van der Waals surface area (Å²) in [6, 6.07) is 9.73. The normalized spacial score (nSPS) is 23.3. The molecule has 0 unspecified atom stereocenters. The topological polar surface area (TPSA) is 53.1 Å². The summed E-state index contributed by atoms with van der Waals surface area (Å²) in [4.78, 5) is 31.7. The van der Waals surface area contributed by atoms with E-state index in [1.165, 1.54) is 5.56 Å². The molecule has 178 valence electrons. The Balaban J connectivity index is 1.54. The molecule has 7 heteroatoms. The number of ether oxygens (including phenoxy) is 1. The van der Waals surface area contributed by atoms with Gasteiger partial charge in [0.2, 0.25) is 5.91 Å². The molecular formula is C26H35N3O3S. The predicted octanol–water partition coefficient (Wildman–Crippen LogP) is 4.12. The van der Waals surface area contributed by atoms with Gasteiger partial charge < -0.3 is 14.5 Å². The van der Waals surface area contributed by atoms with Gasteiger partial charge in [0.05, 0.1) is 6.04 Å². The van der Waals surface area contributed by atoms with Crippen molar-refractivity contribution in [1.29, 1.82) is 0 Å². The largest absolute Gasteiger partial charge is 0.492 e. The van der Waals surface area contributed by atoms with Gasteiger partial charge in [-0.25, -0.2) is 0 Å². The molecule has 1 aromatic heterocycles. The van der Waals surface area contributed by atoms with Gasteiger partial charge >= 0.3 is 0 Å². The van der Waals surface area contributed by atoms with E-state index in [9.17, 15) is 9.59 Å². The third-order valence-corrected chi connectivity index (χ3v) is 7.76. The van der Waals surface area contributed by atoms with E-state index in [4.69, 9.17) is 4.74 Å². The average molecular weight is 470 g/mol. The van der Waals surface area contributed by atoms with E-state index in [0.29, 0.717) is 24.6 Å². The number of hydrogen-bond donors (Lipinski definition) is 0. The van der Waals surface area contributed by atoms with Crippen LogP contribution in [0.1, 0.15) is 48.5 Å². The number of nitrogens with zero attached hydrogens (tertiary/aromatic N) is 3. The zero-order valence-corrected chi connectivity index (χ0v) is 20.6. The number of likely N-dealkylation sites (N-methyl/N-ethyl adjacent to an activating group) is 1. The van der Waals surface area contributed by atoms with Gasteiger partial charge in [0, 0.05) is 45.7 Å². The van der Waals surface area contributed by atoms with E-state index in [0.717, 1.165) is 57.6 Å². The first-order valence-corrected chi connectivity index (χ1v) is 12.9. The summed E-state index contributed by atoms with van der Waals surface area (Å²) in [6.45, 7) is 6.44. The number of carbonyl (C=O) groups is 2. The van der Waals surface area contributed by atoms with E-state index >= 15 is 0 Å². The number of amides is 2. The fourth-order valence-electron chi connectivity index (χ4n) is 5.06. The highest BCUT2D eigenvalue weighted by Crippen LogP contribution is 2.28. The molecule has 1 fully saturated rings. The molecule has 2 aromatic rings. The number of rotatable bonds is 2. The maximum atomic E-state index is 13.4. The molecule has 4 rings (SSSR count). The Hall–Kier alpha value is -2.38. The van der Waals surface area contributed by atoms with Gasteiger partial charge in [-0.1, -0.05) is 12.5 Å². The van der Waals surface area contributed by atoms with Crippen molar-refractivity contribution < 1.29 is 14.3 Å². The SMILES string of the molecule is CC(=O)N1CC[C@H]2CCCCN(Cc3ccsc3)CCOc3cccc(c3)C(=O)N(C)[C@H]2C1. The van der Waals surface area contributed by atoms with Gasteiger partial charge in [-0.15, -0.1) is 0 Å². The molecule has 2 aliphatic heterocycles. The third-order valence-electron chi connectivity index (χ3n) is 7.03. The van der Waals surface area contributed by atoms with Crippen LogP contribution in [0, 0.1) is 5.92 Å². The lowest BCUT2D eigenvalue weighted by molar-refractivity contribution is -0.131. The molecule has 2 aliphatic rings. The summed E-state index contributed by atoms with van der Waals surface area (Å²) in [7, 11) is 1.89. The van der Waals surface area contributed by atoms with Crippen LogP contribution in [0.3, 0.4) is 0 Å². The van der Waals surface area contributed by atoms with Crippen LogP contribution in [-0.4, -0.2) is 72.4 Å². The summed E-state index contributed by atoms with van der Waals surface area (Å²) in [6.07, 6.45) is 4.27. The van der Waals surface area contributed by atoms with E-state index in [1.807, 2.05) is 41.1 Å². The van der Waals surface area contributed by atoms with Gasteiger partial charge in [-0.2, -0.15) is 11.3 Å². The van der Waals surface area contributed by atoms with Crippen LogP contribution in [0.4, 0.5) is 0 Å². The van der Waals surface area contributed by atoms with Crippen molar-refractivity contribution >= 4 is 23.2 Å². The molecule has 33 heavy (non-hydrogen) atoms. The Bertz CT molecular complexity index is 933. The molecule has 6 nitrogen and oxygen atoms in total. The first-order valence-electron chi connectivity index (χ1n) is 12.0. The van der Waals surface area contributed by atoms with Crippen LogP contribution in [0.25, 0.3) is 0 Å². The minimum Gasteiger partial charge on any atom is -0.492 e. The van der Waals surface area contributed by atoms with Gasteiger partial charge in [-0.3, -0.25) is 14.5 Å². The molecule has 1 saturated heterocycles. The molecule has 0 spiro atoms. The molecule has 1 aromatic carbocycles. The van der Waals surface area contributed by atoms with E-state index in [2.05, 4.69) is 21.7 Å². The van der Waals surface area contributed by atoms with Crippen LogP contribution >= 0.6 is 11.3 Å². The summed E-state index contributed by atoms with van der Waals surface area (Å²) in [5.74, 6) is 1.22. The van der Waals surface area contributed by atoms with Crippen molar-refractivity contribution in [2.75, 3.05) is 39.8 Å². The number of thiophene rings is 1. The monoisotopic (exact) mass is 469 g/mol. The number of benzene rings is 1. The fraction of sp³-hybridized carbons (Fsp3) is 0.538. The first kappa shape index (κ1) is 23.8. The quantitative estimate of drug-likeness (QED) is 0.664. The molecule has 3 heterocycles. The van der Waals surface area contributed by atoms with Gasteiger partial charge in [0.15, 0.2) is 0 Å². The van der Waals surface area contributed by atoms with Crippen LogP contribution < -0.4 is 4.74 Å². The number of hydrogen-bond acceptors (Lipinski definition) is 5. The van der Waals surface area contributed by atoms with E-state index in [1.54, 1.807) is 18.3 Å². The minimum atomic E-state index is -0.00481. The highest BCUT2D eigenvalue weighted by Gasteiger charge is 2.35. The summed E-state index contributed by atoms with van der Waals surface area (Å²) >= 11 is 1.74. The van der Waals surface area contributed by atoms with Gasteiger partial charge in [-0.05, 0) is 72.3 Å². The van der Waals surface area contributed by atoms with E-state index < -0.39 is 0 Å². The highest BCUT2D eigenvalue weighted by atomic mass is 32.1. The molecule has 2 atom stereocenters. The first-order chi connectivity index (χ1) is 16.0. The van der Waals surface area contributed by atoms with Gasteiger partial charge in [0.1, 0.15) is 12.4 Å². The Morgan fingerprint density at radius 3 is 2.82 bits per heavy atom. The standard InChI is InChI=1S/C26H35N3O3S/c1-20(30)29-12-9-22-6-3-4-11-28(17-21-10-15-33-19-21)13-14-32-24-8-5-7-23(16-24)26(31)27(2)25(22)18-29/h5,7-8,10,15-16,19,22,25H,3-4,6,9,11-14,17-18H2,1-2H3/t22-,25+/m1/s1. The lowest BCUT2D eigenvalue weighted by Gasteiger charge is -2.43. The number of likely N-dealkylation sites (tertiary alicyclic amines) is 1. The molecule has 0 saturated carbocycles. The predicted molar refractivity (Wildman–Crippen MR) is 132 cm³/mol. The molecule has 0 N–H and O–H groups in total. The van der Waals surface area contributed by atoms with Crippen LogP contribution in [0.15, 0.2) is 41.1 Å². The second-order valence-corrected chi connectivity index (χ2v) is 10.1. The van der Waals surface area contributed by atoms with E-state index in [-0.39, 0.29) is 17.9 Å². The lowest BCUT2D eigenvalue weighted by Crippen LogP contribution is -2.54. The molecule has 0 aliphatic carbocycles. The lowest BCUT2D eigenvalue weighted by atomic mass is 9.86. The van der Waals surface area contributed by atoms with Crippen molar-refractivity contribution in [3.05, 3.63) is 52.2 Å². The van der Waals surface area contributed by atoms with Gasteiger partial charge in [0.25, 0.3) is 5.91 Å². The maximum absolute atomic E-state index is 13.4. The highest BCUT2D eigenvalue weighted by molar-refractivity contribution is 7.07. The summed E-state index contributed by atoms with van der Waals surface area (Å²) < 4.78 is 6.05. The van der Waals surface area contributed by atoms with Crippen molar-refractivity contribution in [2.45, 2.75) is 45.2 Å². The number of carbonyl (C=O) groups excluding carboxylic acids is 2. The van der Waals surface area contributed by atoms with Crippen LogP contribution in [0.2, 0.25) is 0 Å². The second kappa shape index (κ2) is 11.2. The summed E-state index contributed by atoms with van der Waals surface area (Å²) in [5, 5.41) is 4.35. The molecular weight excluding hydrogens is 434 g/mol. The Kier molecular flexibility index (Phi) is 8.04.